The summed E-state index contributed by atoms with van der Waals surface area (Å²) in [6.07, 6.45) is 3.20. The predicted molar refractivity (Wildman–Crippen MR) is 149 cm³/mol. The number of carbonyl (C=O) groups excluding carboxylic acids is 2. The lowest BCUT2D eigenvalue weighted by Crippen LogP contribution is -2.41. The lowest BCUT2D eigenvalue weighted by Gasteiger charge is -2.29. The van der Waals surface area contributed by atoms with E-state index in [1.807, 2.05) is 12.1 Å². The highest BCUT2D eigenvalue weighted by Crippen LogP contribution is 2.50. The van der Waals surface area contributed by atoms with Crippen molar-refractivity contribution >= 4 is 23.5 Å². The summed E-state index contributed by atoms with van der Waals surface area (Å²) in [6, 6.07) is 11.6. The Hall–Kier alpha value is -4.35. The van der Waals surface area contributed by atoms with Gasteiger partial charge in [0.15, 0.2) is 0 Å². The van der Waals surface area contributed by atoms with Crippen LogP contribution < -0.4 is 11.1 Å². The molecule has 0 spiro atoms. The number of halogens is 1. The van der Waals surface area contributed by atoms with Crippen LogP contribution in [0.3, 0.4) is 0 Å². The molecule has 2 amide bonds. The average Bonchev–Trinajstić information content (AvgIpc) is 3.54. The van der Waals surface area contributed by atoms with Gasteiger partial charge in [-0.3, -0.25) is 9.20 Å². The van der Waals surface area contributed by atoms with Crippen LogP contribution in [0.15, 0.2) is 54.9 Å². The Balaban J connectivity index is 1.48. The standard InChI is InChI=1S/C30H31FN6O4/c1-29(2,3)41-28(39)37-26(35-23-9-8-20(21(15-32)34-23)30(40-4)11-12-30)25-18(6-5-7-19(25)27(37)38)22-16-33-24-14-17(31)10-13-36(22)24/h5-10,13-14,16,26H,11-12,15,32H2,1-4H3,(H,34,35). The van der Waals surface area contributed by atoms with Crippen LogP contribution in [0, 0.1) is 5.82 Å². The van der Waals surface area contributed by atoms with Gasteiger partial charge in [-0.1, -0.05) is 18.2 Å². The number of ether oxygens (including phenoxy) is 2. The molecule has 2 aliphatic rings. The smallest absolute Gasteiger partial charge is 0.419 e. The Labute approximate surface area is 236 Å². The fourth-order valence-electron chi connectivity index (χ4n) is 5.43. The van der Waals surface area contributed by atoms with Gasteiger partial charge in [0.05, 0.1) is 23.2 Å². The third-order valence-electron chi connectivity index (χ3n) is 7.47. The summed E-state index contributed by atoms with van der Waals surface area (Å²) < 4.78 is 27.0. The Morgan fingerprint density at radius 2 is 1.95 bits per heavy atom. The molecule has 212 valence electrons. The van der Waals surface area contributed by atoms with Gasteiger partial charge in [0.2, 0.25) is 0 Å². The lowest BCUT2D eigenvalue weighted by atomic mass is 9.99. The predicted octanol–water partition coefficient (Wildman–Crippen LogP) is 5.13. The zero-order valence-electron chi connectivity index (χ0n) is 23.3. The monoisotopic (exact) mass is 558 g/mol. The Morgan fingerprint density at radius 3 is 2.63 bits per heavy atom. The summed E-state index contributed by atoms with van der Waals surface area (Å²) in [5.41, 5.74) is 9.02. The zero-order chi connectivity index (χ0) is 29.1. The van der Waals surface area contributed by atoms with Gasteiger partial charge >= 0.3 is 6.09 Å². The number of aromatic nitrogens is 3. The van der Waals surface area contributed by atoms with Gasteiger partial charge in [-0.15, -0.1) is 0 Å². The number of hydrogen-bond acceptors (Lipinski definition) is 8. The van der Waals surface area contributed by atoms with E-state index < -0.39 is 29.6 Å². The van der Waals surface area contributed by atoms with Gasteiger partial charge in [-0.25, -0.2) is 24.1 Å². The average molecular weight is 559 g/mol. The summed E-state index contributed by atoms with van der Waals surface area (Å²) in [5, 5.41) is 3.30. The van der Waals surface area contributed by atoms with E-state index >= 15 is 0 Å². The van der Waals surface area contributed by atoms with Crippen molar-refractivity contribution < 1.29 is 23.5 Å². The third-order valence-corrected chi connectivity index (χ3v) is 7.47. The van der Waals surface area contributed by atoms with Crippen molar-refractivity contribution in [3.63, 3.8) is 0 Å². The second kappa shape index (κ2) is 9.64. The van der Waals surface area contributed by atoms with E-state index in [0.717, 1.165) is 23.3 Å². The summed E-state index contributed by atoms with van der Waals surface area (Å²) in [4.78, 5) is 37.4. The topological polar surface area (TPSA) is 124 Å². The number of imide groups is 1. The lowest BCUT2D eigenvalue weighted by molar-refractivity contribution is 0.0208. The first kappa shape index (κ1) is 26.9. The number of imidazole rings is 1. The molecule has 41 heavy (non-hydrogen) atoms. The quantitative estimate of drug-likeness (QED) is 0.334. The van der Waals surface area contributed by atoms with Crippen molar-refractivity contribution in [2.24, 2.45) is 5.73 Å². The van der Waals surface area contributed by atoms with E-state index in [1.54, 1.807) is 62.9 Å². The molecule has 0 saturated heterocycles. The number of pyridine rings is 2. The molecule has 11 heteroatoms. The minimum Gasteiger partial charge on any atom is -0.443 e. The molecule has 6 rings (SSSR count). The van der Waals surface area contributed by atoms with E-state index in [4.69, 9.17) is 20.2 Å². The molecule has 4 heterocycles. The molecule has 1 unspecified atom stereocenters. The van der Waals surface area contributed by atoms with Gasteiger partial charge in [-0.2, -0.15) is 0 Å². The van der Waals surface area contributed by atoms with Crippen molar-refractivity contribution in [3.8, 4) is 11.3 Å². The number of nitrogens with two attached hydrogens (primary N) is 1. The van der Waals surface area contributed by atoms with Crippen molar-refractivity contribution in [1.29, 1.82) is 0 Å². The molecule has 0 bridgehead atoms. The summed E-state index contributed by atoms with van der Waals surface area (Å²) in [5.74, 6) is -0.499. The number of hydrogen-bond donors (Lipinski definition) is 2. The van der Waals surface area contributed by atoms with Crippen LogP contribution >= 0.6 is 0 Å². The first-order valence-electron chi connectivity index (χ1n) is 13.4. The maximum Gasteiger partial charge on any atom is 0.419 e. The second-order valence-electron chi connectivity index (χ2n) is 11.3. The van der Waals surface area contributed by atoms with Crippen LogP contribution in [0.1, 0.15) is 67.0 Å². The highest BCUT2D eigenvalue weighted by Gasteiger charge is 2.47. The largest absolute Gasteiger partial charge is 0.443 e. The van der Waals surface area contributed by atoms with E-state index in [9.17, 15) is 14.0 Å². The Kier molecular flexibility index (Phi) is 6.31. The fraction of sp³-hybridized carbons (Fsp3) is 0.333. The molecule has 1 aromatic carbocycles. The number of amides is 2. The fourth-order valence-corrected chi connectivity index (χ4v) is 5.43. The van der Waals surface area contributed by atoms with Crippen molar-refractivity contribution in [1.82, 2.24) is 19.3 Å². The van der Waals surface area contributed by atoms with Crippen LogP contribution in [0.2, 0.25) is 0 Å². The van der Waals surface area contributed by atoms with Crippen LogP contribution in [0.4, 0.5) is 15.0 Å². The van der Waals surface area contributed by atoms with E-state index in [2.05, 4.69) is 10.3 Å². The maximum absolute atomic E-state index is 13.9. The minimum absolute atomic E-state index is 0.190. The van der Waals surface area contributed by atoms with Crippen molar-refractivity contribution in [2.45, 2.75) is 57.5 Å². The molecular weight excluding hydrogens is 527 g/mol. The molecular formula is C30H31FN6O4. The molecule has 1 saturated carbocycles. The van der Waals surface area contributed by atoms with Gasteiger partial charge < -0.3 is 20.5 Å². The third kappa shape index (κ3) is 4.60. The van der Waals surface area contributed by atoms with E-state index in [0.29, 0.717) is 39.5 Å². The minimum atomic E-state index is -0.962. The SMILES string of the molecule is COC1(c2ccc(NC3c4c(cccc4-c4cnc5cc(F)ccn45)C(=O)N3C(=O)OC(C)(C)C)nc2CN)CC1. The first-order valence-corrected chi connectivity index (χ1v) is 13.4. The molecule has 1 aliphatic carbocycles. The van der Waals surface area contributed by atoms with Crippen LogP contribution in [-0.2, 0) is 21.6 Å². The molecule has 3 N–H and O–H groups in total. The number of fused-ring (bicyclic) bond motifs is 2. The number of methoxy groups -OCH3 is 1. The van der Waals surface area contributed by atoms with Crippen molar-refractivity contribution in [2.75, 3.05) is 12.4 Å². The number of nitrogens with zero attached hydrogens (tertiary/aromatic N) is 4. The highest BCUT2D eigenvalue weighted by atomic mass is 19.1. The molecule has 1 aliphatic heterocycles. The molecule has 3 aromatic heterocycles. The number of anilines is 1. The summed E-state index contributed by atoms with van der Waals surface area (Å²) in [6.45, 7) is 5.40. The van der Waals surface area contributed by atoms with Crippen LogP contribution in [0.5, 0.6) is 0 Å². The Bertz CT molecular complexity index is 1690. The van der Waals surface area contributed by atoms with Crippen molar-refractivity contribution in [3.05, 3.63) is 83.1 Å². The zero-order valence-corrected chi connectivity index (χ0v) is 23.3. The van der Waals surface area contributed by atoms with Crippen LogP contribution in [-0.4, -0.2) is 44.0 Å². The van der Waals surface area contributed by atoms with Crippen LogP contribution in [0.25, 0.3) is 16.9 Å². The van der Waals surface area contributed by atoms with Gasteiger partial charge in [0.25, 0.3) is 5.91 Å². The molecule has 0 radical (unpaired) electrons. The van der Waals surface area contributed by atoms with Gasteiger partial charge in [0, 0.05) is 48.2 Å². The van der Waals surface area contributed by atoms with E-state index in [-0.39, 0.29) is 12.1 Å². The molecule has 4 aromatic rings. The summed E-state index contributed by atoms with van der Waals surface area (Å²) in [7, 11) is 1.68. The molecule has 10 nitrogen and oxygen atoms in total. The summed E-state index contributed by atoms with van der Waals surface area (Å²) >= 11 is 0. The molecule has 1 fully saturated rings. The number of nitrogens with one attached hydrogen (secondary N) is 1. The van der Waals surface area contributed by atoms with E-state index in [1.165, 1.54) is 12.1 Å². The Morgan fingerprint density at radius 1 is 1.20 bits per heavy atom. The number of benzene rings is 1. The second-order valence-corrected chi connectivity index (χ2v) is 11.3. The number of carbonyl (C=O) groups is 2. The maximum atomic E-state index is 13.9. The normalized spacial score (nSPS) is 17.6. The molecule has 1 atom stereocenters. The van der Waals surface area contributed by atoms with Gasteiger partial charge in [-0.05, 0) is 51.8 Å². The number of rotatable bonds is 6. The van der Waals surface area contributed by atoms with Gasteiger partial charge in [0.1, 0.15) is 29.0 Å². The first-order chi connectivity index (χ1) is 19.5. The highest BCUT2D eigenvalue weighted by molar-refractivity contribution is 6.09.